The predicted molar refractivity (Wildman–Crippen MR) is 61.6 cm³/mol. The molecule has 1 saturated carbocycles. The maximum atomic E-state index is 2.32. The van der Waals surface area contributed by atoms with Gasteiger partial charge < -0.3 is 0 Å². The molecule has 1 fully saturated rings. The molecule has 0 radical (unpaired) electrons. The summed E-state index contributed by atoms with van der Waals surface area (Å²) in [6, 6.07) is 9.12. The Bertz CT molecular complexity index is 283. The van der Waals surface area contributed by atoms with E-state index in [1.807, 2.05) is 0 Å². The van der Waals surface area contributed by atoms with E-state index in [2.05, 4.69) is 38.1 Å². The molecule has 0 saturated heterocycles. The van der Waals surface area contributed by atoms with Crippen LogP contribution in [0.4, 0.5) is 0 Å². The molecule has 0 aromatic heterocycles. The second-order valence-electron chi connectivity index (χ2n) is 4.69. The summed E-state index contributed by atoms with van der Waals surface area (Å²) in [5.41, 5.74) is 2.94. The zero-order chi connectivity index (χ0) is 9.97. The van der Waals surface area contributed by atoms with Crippen molar-refractivity contribution in [2.24, 2.45) is 5.92 Å². The van der Waals surface area contributed by atoms with E-state index in [1.165, 1.54) is 31.2 Å². The number of aryl methyl sites for hydroxylation is 1. The van der Waals surface area contributed by atoms with E-state index in [0.29, 0.717) is 0 Å². The number of hydrogen-bond acceptors (Lipinski definition) is 0. The molecule has 1 aromatic rings. The molecule has 0 N–H and O–H groups in total. The quantitative estimate of drug-likeness (QED) is 0.649. The first-order chi connectivity index (χ1) is 6.79. The first kappa shape index (κ1) is 9.76. The maximum absolute atomic E-state index is 2.32. The molecule has 1 aliphatic rings. The fraction of sp³-hybridized carbons (Fsp3) is 0.571. The molecule has 0 nitrogen and oxygen atoms in total. The molecule has 0 unspecified atom stereocenters. The van der Waals surface area contributed by atoms with Crippen LogP contribution in [0.2, 0.25) is 0 Å². The minimum absolute atomic E-state index is 0.848. The van der Waals surface area contributed by atoms with Crippen LogP contribution in [0.25, 0.3) is 0 Å². The molecule has 0 aliphatic heterocycles. The highest BCUT2D eigenvalue weighted by Gasteiger charge is 2.24. The molecular formula is C14H20. The standard InChI is InChI=1S/C14H20/c1-3-12-6-9-14(10-12)13-7-4-11(2)5-8-13/h4-5,7-8,12,14H,3,6,9-10H2,1-2H3/t12-,14-/m0/s1. The average Bonchev–Trinajstić information content (AvgIpc) is 2.67. The highest BCUT2D eigenvalue weighted by atomic mass is 14.3. The zero-order valence-electron chi connectivity index (χ0n) is 9.29. The van der Waals surface area contributed by atoms with Gasteiger partial charge in [0.15, 0.2) is 0 Å². The normalized spacial score (nSPS) is 26.7. The summed E-state index contributed by atoms with van der Waals surface area (Å²) in [6.07, 6.45) is 5.62. The second kappa shape index (κ2) is 4.16. The summed E-state index contributed by atoms with van der Waals surface area (Å²) < 4.78 is 0. The van der Waals surface area contributed by atoms with E-state index < -0.39 is 0 Å². The molecular weight excluding hydrogens is 168 g/mol. The summed E-state index contributed by atoms with van der Waals surface area (Å²) in [7, 11) is 0. The largest absolute Gasteiger partial charge is 0.0651 e. The minimum Gasteiger partial charge on any atom is -0.0651 e. The maximum Gasteiger partial charge on any atom is -0.0159 e. The number of hydrogen-bond donors (Lipinski definition) is 0. The van der Waals surface area contributed by atoms with Gasteiger partial charge >= 0.3 is 0 Å². The van der Waals surface area contributed by atoms with Crippen LogP contribution in [-0.4, -0.2) is 0 Å². The van der Waals surface area contributed by atoms with Gasteiger partial charge in [-0.25, -0.2) is 0 Å². The number of benzene rings is 1. The molecule has 2 rings (SSSR count). The highest BCUT2D eigenvalue weighted by Crippen LogP contribution is 2.39. The van der Waals surface area contributed by atoms with E-state index in [0.717, 1.165) is 11.8 Å². The Morgan fingerprint density at radius 1 is 1.14 bits per heavy atom. The van der Waals surface area contributed by atoms with Crippen molar-refractivity contribution in [3.63, 3.8) is 0 Å². The summed E-state index contributed by atoms with van der Waals surface area (Å²) in [5, 5.41) is 0. The van der Waals surface area contributed by atoms with Crippen LogP contribution in [0.1, 0.15) is 49.7 Å². The average molecular weight is 188 g/mol. The van der Waals surface area contributed by atoms with Gasteiger partial charge in [-0.2, -0.15) is 0 Å². The Morgan fingerprint density at radius 3 is 2.43 bits per heavy atom. The Balaban J connectivity index is 2.06. The summed E-state index contributed by atoms with van der Waals surface area (Å²) in [5.74, 6) is 1.84. The summed E-state index contributed by atoms with van der Waals surface area (Å²) >= 11 is 0. The van der Waals surface area contributed by atoms with Crippen LogP contribution in [0.15, 0.2) is 24.3 Å². The summed E-state index contributed by atoms with van der Waals surface area (Å²) in [6.45, 7) is 4.48. The van der Waals surface area contributed by atoms with Crippen LogP contribution >= 0.6 is 0 Å². The van der Waals surface area contributed by atoms with Gasteiger partial charge in [-0.05, 0) is 43.6 Å². The minimum atomic E-state index is 0.848. The Morgan fingerprint density at radius 2 is 1.86 bits per heavy atom. The van der Waals surface area contributed by atoms with Gasteiger partial charge in [0.05, 0.1) is 0 Å². The molecule has 0 spiro atoms. The lowest BCUT2D eigenvalue weighted by Crippen LogP contribution is -1.94. The lowest BCUT2D eigenvalue weighted by molar-refractivity contribution is 0.521. The Labute approximate surface area is 87.3 Å². The van der Waals surface area contributed by atoms with E-state index in [-0.39, 0.29) is 0 Å². The lowest BCUT2D eigenvalue weighted by atomic mass is 9.95. The van der Waals surface area contributed by atoms with Gasteiger partial charge in [0.25, 0.3) is 0 Å². The molecule has 1 aliphatic carbocycles. The van der Waals surface area contributed by atoms with Crippen molar-refractivity contribution < 1.29 is 0 Å². The molecule has 14 heavy (non-hydrogen) atoms. The monoisotopic (exact) mass is 188 g/mol. The number of rotatable bonds is 2. The van der Waals surface area contributed by atoms with Crippen LogP contribution < -0.4 is 0 Å². The fourth-order valence-corrected chi connectivity index (χ4v) is 2.59. The van der Waals surface area contributed by atoms with E-state index in [4.69, 9.17) is 0 Å². The second-order valence-corrected chi connectivity index (χ2v) is 4.69. The van der Waals surface area contributed by atoms with Crippen LogP contribution in [-0.2, 0) is 0 Å². The third-order valence-electron chi connectivity index (χ3n) is 3.67. The first-order valence-corrected chi connectivity index (χ1v) is 5.86. The van der Waals surface area contributed by atoms with Gasteiger partial charge in [0, 0.05) is 0 Å². The first-order valence-electron chi connectivity index (χ1n) is 5.86. The van der Waals surface area contributed by atoms with Gasteiger partial charge in [-0.3, -0.25) is 0 Å². The van der Waals surface area contributed by atoms with Crippen molar-refractivity contribution in [3.8, 4) is 0 Å². The predicted octanol–water partition coefficient (Wildman–Crippen LogP) is 4.29. The zero-order valence-corrected chi connectivity index (χ0v) is 9.29. The molecule has 0 amide bonds. The van der Waals surface area contributed by atoms with Crippen molar-refractivity contribution in [2.75, 3.05) is 0 Å². The van der Waals surface area contributed by atoms with Gasteiger partial charge in [0.2, 0.25) is 0 Å². The molecule has 1 aromatic carbocycles. The molecule has 76 valence electrons. The van der Waals surface area contributed by atoms with E-state index in [1.54, 1.807) is 5.56 Å². The molecule has 2 atom stereocenters. The molecule has 0 heterocycles. The van der Waals surface area contributed by atoms with Gasteiger partial charge in [0.1, 0.15) is 0 Å². The van der Waals surface area contributed by atoms with E-state index >= 15 is 0 Å². The topological polar surface area (TPSA) is 0 Å². The third-order valence-corrected chi connectivity index (χ3v) is 3.67. The van der Waals surface area contributed by atoms with Crippen LogP contribution in [0, 0.1) is 12.8 Å². The highest BCUT2D eigenvalue weighted by molar-refractivity contribution is 5.25. The van der Waals surface area contributed by atoms with Crippen molar-refractivity contribution >= 4 is 0 Å². The summed E-state index contributed by atoms with van der Waals surface area (Å²) in [4.78, 5) is 0. The van der Waals surface area contributed by atoms with Crippen molar-refractivity contribution in [1.82, 2.24) is 0 Å². The van der Waals surface area contributed by atoms with Crippen molar-refractivity contribution in [1.29, 1.82) is 0 Å². The van der Waals surface area contributed by atoms with E-state index in [9.17, 15) is 0 Å². The SMILES string of the molecule is CC[C@H]1CC[C@H](c2ccc(C)cc2)C1. The van der Waals surface area contributed by atoms with Gasteiger partial charge in [-0.1, -0.05) is 43.2 Å². The Kier molecular flexibility index (Phi) is 2.90. The fourth-order valence-electron chi connectivity index (χ4n) is 2.59. The molecule has 0 bridgehead atoms. The van der Waals surface area contributed by atoms with Crippen LogP contribution in [0.3, 0.4) is 0 Å². The van der Waals surface area contributed by atoms with Gasteiger partial charge in [-0.15, -0.1) is 0 Å². The third kappa shape index (κ3) is 2.00. The van der Waals surface area contributed by atoms with Crippen molar-refractivity contribution in [3.05, 3.63) is 35.4 Å². The van der Waals surface area contributed by atoms with Crippen molar-refractivity contribution in [2.45, 2.75) is 45.4 Å². The molecule has 0 heteroatoms. The smallest absolute Gasteiger partial charge is 0.0159 e. The lowest BCUT2D eigenvalue weighted by Gasteiger charge is -2.10. The Hall–Kier alpha value is -0.780. The van der Waals surface area contributed by atoms with Crippen LogP contribution in [0.5, 0.6) is 0 Å².